The number of thiophene rings is 1. The minimum Gasteiger partial charge on any atom is -0.444 e. The second-order valence-electron chi connectivity index (χ2n) is 13.2. The van der Waals surface area contributed by atoms with Crippen molar-refractivity contribution in [3.05, 3.63) is 34.0 Å². The van der Waals surface area contributed by atoms with E-state index in [1.165, 1.54) is 0 Å². The first-order valence-electron chi connectivity index (χ1n) is 15.1. The molecule has 1 N–H and O–H groups in total. The monoisotopic (exact) mass is 622 g/mol. The summed E-state index contributed by atoms with van der Waals surface area (Å²) < 4.78 is 5.60. The summed E-state index contributed by atoms with van der Waals surface area (Å²) in [5, 5.41) is 27.1. The second-order valence-corrected chi connectivity index (χ2v) is 14.3. The fourth-order valence-corrected chi connectivity index (χ4v) is 7.37. The van der Waals surface area contributed by atoms with E-state index in [4.69, 9.17) is 14.6 Å². The van der Waals surface area contributed by atoms with Gasteiger partial charge in [-0.1, -0.05) is 5.16 Å². The van der Waals surface area contributed by atoms with E-state index in [0.717, 1.165) is 29.7 Å². The number of rotatable bonds is 5. The summed E-state index contributed by atoms with van der Waals surface area (Å²) >= 11 is 1.55. The molecule has 0 bridgehead atoms. The molecule has 236 valence electrons. The molecule has 12 nitrogen and oxygen atoms in total. The molecule has 44 heavy (non-hydrogen) atoms. The number of aromatic nitrogens is 2. The van der Waals surface area contributed by atoms with Crippen molar-refractivity contribution in [2.75, 3.05) is 38.6 Å². The van der Waals surface area contributed by atoms with E-state index in [-0.39, 0.29) is 18.6 Å². The largest absolute Gasteiger partial charge is 0.444 e. The van der Waals surface area contributed by atoms with Gasteiger partial charge in [-0.15, -0.1) is 11.3 Å². The zero-order valence-corrected chi connectivity index (χ0v) is 27.4. The third-order valence-electron chi connectivity index (χ3n) is 8.26. The van der Waals surface area contributed by atoms with E-state index < -0.39 is 16.8 Å². The average Bonchev–Trinajstić information content (AvgIpc) is 3.48. The van der Waals surface area contributed by atoms with Crippen LogP contribution >= 0.6 is 11.3 Å². The van der Waals surface area contributed by atoms with Crippen LogP contribution in [0.3, 0.4) is 0 Å². The average molecular weight is 623 g/mol. The van der Waals surface area contributed by atoms with Crippen LogP contribution in [0.2, 0.25) is 0 Å². The number of aryl methyl sites for hydroxylation is 1. The van der Waals surface area contributed by atoms with Gasteiger partial charge in [-0.3, -0.25) is 0 Å². The lowest BCUT2D eigenvalue weighted by Gasteiger charge is -2.34. The van der Waals surface area contributed by atoms with Crippen molar-refractivity contribution < 1.29 is 19.5 Å². The van der Waals surface area contributed by atoms with Crippen LogP contribution in [0.15, 0.2) is 22.4 Å². The number of hydrogen-bond donors (Lipinski definition) is 1. The van der Waals surface area contributed by atoms with E-state index in [2.05, 4.69) is 28.1 Å². The number of aliphatic imine (C=N–C) groups is 1. The molecular formula is C31H42N8O4S. The molecule has 13 heteroatoms. The molecule has 1 saturated heterocycles. The number of carbonyl (C=O) groups excluding carboxylic acids is 1. The molecule has 1 amide bonds. The topological polar surface area (TPSA) is 140 Å². The summed E-state index contributed by atoms with van der Waals surface area (Å²) in [6.07, 6.45) is 6.38. The van der Waals surface area contributed by atoms with Gasteiger partial charge in [0.2, 0.25) is 5.95 Å². The molecule has 2 aliphatic heterocycles. The molecule has 3 atom stereocenters. The molecule has 0 radical (unpaired) electrons. The van der Waals surface area contributed by atoms with E-state index in [9.17, 15) is 15.2 Å². The van der Waals surface area contributed by atoms with Gasteiger partial charge in [0, 0.05) is 56.3 Å². The molecule has 0 saturated carbocycles. The molecule has 4 heterocycles. The van der Waals surface area contributed by atoms with Crippen LogP contribution in [0.25, 0.3) is 0 Å². The lowest BCUT2D eigenvalue weighted by Crippen LogP contribution is -2.44. The van der Waals surface area contributed by atoms with Gasteiger partial charge in [-0.2, -0.15) is 5.26 Å². The Morgan fingerprint density at radius 2 is 2.11 bits per heavy atom. The Kier molecular flexibility index (Phi) is 8.61. The number of nitrogens with zero attached hydrogens (tertiary/aromatic N) is 8. The highest BCUT2D eigenvalue weighted by atomic mass is 32.1. The molecular weight excluding hydrogens is 580 g/mol. The van der Waals surface area contributed by atoms with Gasteiger partial charge in [0.25, 0.3) is 5.79 Å². The van der Waals surface area contributed by atoms with Crippen molar-refractivity contribution >= 4 is 40.4 Å². The Bertz CT molecular complexity index is 1510. The van der Waals surface area contributed by atoms with Gasteiger partial charge >= 0.3 is 6.09 Å². The van der Waals surface area contributed by atoms with Crippen LogP contribution in [0.4, 0.5) is 15.7 Å². The number of nitriles is 1. The lowest BCUT2D eigenvalue weighted by molar-refractivity contribution is -0.196. The Labute approximate surface area is 263 Å². The highest BCUT2D eigenvalue weighted by Gasteiger charge is 2.50. The molecule has 1 unspecified atom stereocenters. The molecule has 2 aromatic rings. The van der Waals surface area contributed by atoms with Crippen LogP contribution in [-0.4, -0.2) is 88.4 Å². The summed E-state index contributed by atoms with van der Waals surface area (Å²) in [4.78, 5) is 39.1. The fraction of sp³-hybridized carbons (Fsp3) is 0.613. The summed E-state index contributed by atoms with van der Waals surface area (Å²) in [6.45, 7) is 11.3. The number of fused-ring (bicyclic) bond motifs is 1. The quantitative estimate of drug-likeness (QED) is 0.372. The normalized spacial score (nSPS) is 25.6. The standard InChI is InChI=1S/C31H42N8O4S/c1-20-18-38(28(40)42-29(2,3)4)14-9-15-39(20)27-33-13-11-23(35-27)31(41)16-24(36-43-31)30(5)12-8-10-22-25(30)21(17-32)26(44-22)34-19-37(6)7/h11,13,19-20,41H,8-10,12,14-16,18H2,1-7H3/b34-19+/t20-,30+,31?/m0/s1. The van der Waals surface area contributed by atoms with Crippen LogP contribution in [0, 0.1) is 11.3 Å². The summed E-state index contributed by atoms with van der Waals surface area (Å²) in [5.74, 6) is -1.33. The number of oxime groups is 1. The van der Waals surface area contributed by atoms with Crippen LogP contribution < -0.4 is 4.90 Å². The molecule has 3 aliphatic rings. The van der Waals surface area contributed by atoms with E-state index in [0.29, 0.717) is 54.0 Å². The van der Waals surface area contributed by atoms with E-state index >= 15 is 0 Å². The van der Waals surface area contributed by atoms with Crippen LogP contribution in [0.1, 0.15) is 82.0 Å². The maximum Gasteiger partial charge on any atom is 0.410 e. The zero-order valence-electron chi connectivity index (χ0n) is 26.6. The third kappa shape index (κ3) is 6.23. The SMILES string of the molecule is C[C@H]1CN(C(=O)OC(C)(C)C)CCCN1c1nccc(C2(O)CC([C@@]3(C)CCCc4sc(/N=C/N(C)C)c(C#N)c43)=NO2)n1. The zero-order chi connectivity index (χ0) is 31.9. The summed E-state index contributed by atoms with van der Waals surface area (Å²) in [7, 11) is 3.78. The van der Waals surface area contributed by atoms with Crippen LogP contribution in [0.5, 0.6) is 0 Å². The highest BCUT2D eigenvalue weighted by Crippen LogP contribution is 2.50. The first kappa shape index (κ1) is 31.7. The van der Waals surface area contributed by atoms with Crippen molar-refractivity contribution in [1.29, 1.82) is 5.26 Å². The van der Waals surface area contributed by atoms with Crippen molar-refractivity contribution in [2.24, 2.45) is 10.1 Å². The molecule has 1 fully saturated rings. The number of ether oxygens (including phenoxy) is 1. The predicted octanol–water partition coefficient (Wildman–Crippen LogP) is 4.68. The van der Waals surface area contributed by atoms with Gasteiger partial charge in [0.05, 0.1) is 24.0 Å². The Hall–Kier alpha value is -3.76. The minimum atomic E-state index is -1.78. The van der Waals surface area contributed by atoms with Crippen molar-refractivity contribution in [1.82, 2.24) is 19.8 Å². The summed E-state index contributed by atoms with van der Waals surface area (Å²) in [5.41, 5.74) is 1.32. The van der Waals surface area contributed by atoms with Crippen molar-refractivity contribution in [3.63, 3.8) is 0 Å². The van der Waals surface area contributed by atoms with E-state index in [1.54, 1.807) is 34.8 Å². The maximum absolute atomic E-state index is 12.8. The molecule has 5 rings (SSSR count). The third-order valence-corrected chi connectivity index (χ3v) is 9.42. The smallest absolute Gasteiger partial charge is 0.410 e. The van der Waals surface area contributed by atoms with Gasteiger partial charge in [-0.05, 0) is 71.9 Å². The Balaban J connectivity index is 1.37. The molecule has 1 aliphatic carbocycles. The minimum absolute atomic E-state index is 0.0851. The predicted molar refractivity (Wildman–Crippen MR) is 169 cm³/mol. The fourth-order valence-electron chi connectivity index (χ4n) is 6.11. The first-order valence-corrected chi connectivity index (χ1v) is 15.9. The van der Waals surface area contributed by atoms with Crippen molar-refractivity contribution in [3.8, 4) is 6.07 Å². The molecule has 0 spiro atoms. The molecule has 0 aromatic carbocycles. The van der Waals surface area contributed by atoms with Gasteiger partial charge in [0.1, 0.15) is 22.4 Å². The Morgan fingerprint density at radius 3 is 2.82 bits per heavy atom. The highest BCUT2D eigenvalue weighted by molar-refractivity contribution is 7.16. The second kappa shape index (κ2) is 12.0. The number of aliphatic hydroxyl groups is 1. The number of hydrogen-bond acceptors (Lipinski definition) is 11. The summed E-state index contributed by atoms with van der Waals surface area (Å²) in [6, 6.07) is 3.95. The van der Waals surface area contributed by atoms with Gasteiger partial charge in [0.15, 0.2) is 0 Å². The lowest BCUT2D eigenvalue weighted by atomic mass is 9.68. The molecule has 2 aromatic heterocycles. The van der Waals surface area contributed by atoms with Crippen LogP contribution in [-0.2, 0) is 27.2 Å². The first-order chi connectivity index (χ1) is 20.7. The number of amides is 1. The number of anilines is 1. The van der Waals surface area contributed by atoms with Crippen molar-refractivity contribution in [2.45, 2.75) is 89.6 Å². The maximum atomic E-state index is 12.8. The van der Waals surface area contributed by atoms with E-state index in [1.807, 2.05) is 51.6 Å². The Morgan fingerprint density at radius 1 is 1.34 bits per heavy atom. The van der Waals surface area contributed by atoms with Gasteiger partial charge in [-0.25, -0.2) is 19.8 Å². The number of carbonyl (C=O) groups is 1. The van der Waals surface area contributed by atoms with Gasteiger partial charge < -0.3 is 29.4 Å².